The van der Waals surface area contributed by atoms with Crippen LogP contribution in [-0.4, -0.2) is 11.5 Å². The molecule has 0 N–H and O–H groups in total. The molecule has 6 rings (SSSR count). The summed E-state index contributed by atoms with van der Waals surface area (Å²) in [4.78, 5) is 10.2. The van der Waals surface area contributed by atoms with Gasteiger partial charge in [0.15, 0.2) is 5.84 Å². The zero-order valence-corrected chi connectivity index (χ0v) is 31.0. The van der Waals surface area contributed by atoms with E-state index < -0.39 is 0 Å². The van der Waals surface area contributed by atoms with Crippen molar-refractivity contribution in [2.75, 3.05) is 0 Å². The van der Waals surface area contributed by atoms with Crippen LogP contribution in [0.15, 0.2) is 162 Å². The fourth-order valence-corrected chi connectivity index (χ4v) is 7.45. The highest BCUT2D eigenvalue weighted by atomic mass is 14.9. The summed E-state index contributed by atoms with van der Waals surface area (Å²) in [7, 11) is 0. The predicted octanol–water partition coefficient (Wildman–Crippen LogP) is 13.4. The average Bonchev–Trinajstić information content (AvgIpc) is 3.20. The first-order chi connectivity index (χ1) is 25.5. The average molecular weight is 681 g/mol. The van der Waals surface area contributed by atoms with E-state index >= 15 is 0 Å². The van der Waals surface area contributed by atoms with Crippen LogP contribution < -0.4 is 0 Å². The van der Waals surface area contributed by atoms with Crippen LogP contribution in [0.25, 0.3) is 23.4 Å². The number of aliphatic imine (C=N–C) groups is 2. The molecule has 0 saturated heterocycles. The van der Waals surface area contributed by atoms with E-state index in [-0.39, 0.29) is 5.41 Å². The Morgan fingerprint density at radius 3 is 2.37 bits per heavy atom. The molecule has 0 spiro atoms. The van der Waals surface area contributed by atoms with Gasteiger partial charge in [-0.25, -0.2) is 9.98 Å². The number of aryl methyl sites for hydroxylation is 1. The van der Waals surface area contributed by atoms with E-state index in [4.69, 9.17) is 9.98 Å². The second-order valence-corrected chi connectivity index (χ2v) is 14.1. The molecule has 0 amide bonds. The van der Waals surface area contributed by atoms with Gasteiger partial charge in [-0.1, -0.05) is 166 Å². The van der Waals surface area contributed by atoms with Crippen LogP contribution in [0.4, 0.5) is 0 Å². The Morgan fingerprint density at radius 1 is 0.788 bits per heavy atom. The van der Waals surface area contributed by atoms with E-state index in [9.17, 15) is 0 Å². The minimum absolute atomic E-state index is 0.00354. The summed E-state index contributed by atoms with van der Waals surface area (Å²) in [6.07, 6.45) is 38.6. The van der Waals surface area contributed by atoms with Crippen molar-refractivity contribution in [3.05, 3.63) is 191 Å². The lowest BCUT2D eigenvalue weighted by Crippen LogP contribution is -2.26. The van der Waals surface area contributed by atoms with Crippen LogP contribution in [0.5, 0.6) is 0 Å². The van der Waals surface area contributed by atoms with E-state index in [1.165, 1.54) is 41.5 Å². The van der Waals surface area contributed by atoms with E-state index in [0.29, 0.717) is 11.5 Å². The summed E-state index contributed by atoms with van der Waals surface area (Å²) in [5, 5.41) is 0. The number of fused-ring (bicyclic) bond motifs is 1. The molecule has 3 aliphatic carbocycles. The van der Waals surface area contributed by atoms with Crippen LogP contribution in [0.2, 0.25) is 0 Å². The van der Waals surface area contributed by atoms with Gasteiger partial charge in [-0.05, 0) is 109 Å². The third kappa shape index (κ3) is 9.11. The second-order valence-electron chi connectivity index (χ2n) is 14.1. The maximum Gasteiger partial charge on any atom is 0.159 e. The normalized spacial score (nSPS) is 17.9. The fourth-order valence-electron chi connectivity index (χ4n) is 7.45. The quantitative estimate of drug-likeness (QED) is 0.109. The number of hydrogen-bond donors (Lipinski definition) is 0. The van der Waals surface area contributed by atoms with E-state index in [1.807, 2.05) is 25.2 Å². The summed E-state index contributed by atoms with van der Waals surface area (Å²) in [6, 6.07) is 24.3. The molecule has 0 bridgehead atoms. The van der Waals surface area contributed by atoms with Crippen molar-refractivity contribution >= 4 is 35.0 Å². The number of allylic oxidation sites excluding steroid dienone is 11. The maximum atomic E-state index is 5.10. The number of hydrogen-bond acceptors (Lipinski definition) is 1. The Kier molecular flexibility index (Phi) is 12.4. The molecule has 3 aromatic carbocycles. The molecule has 262 valence electrons. The summed E-state index contributed by atoms with van der Waals surface area (Å²) in [6.45, 7) is 12.7. The van der Waals surface area contributed by atoms with Crippen molar-refractivity contribution < 1.29 is 0 Å². The largest absolute Gasteiger partial charge is 0.233 e. The highest BCUT2D eigenvalue weighted by Gasteiger charge is 2.31. The van der Waals surface area contributed by atoms with Gasteiger partial charge in [-0.3, -0.25) is 0 Å². The zero-order valence-electron chi connectivity index (χ0n) is 31.0. The topological polar surface area (TPSA) is 24.7 Å². The number of nitrogens with zero attached hydrogens (tertiary/aromatic N) is 2. The first kappa shape index (κ1) is 36.5. The van der Waals surface area contributed by atoms with Gasteiger partial charge >= 0.3 is 0 Å². The third-order valence-electron chi connectivity index (χ3n) is 10.5. The first-order valence-electron chi connectivity index (χ1n) is 19.0. The van der Waals surface area contributed by atoms with Crippen LogP contribution in [-0.2, 0) is 11.8 Å². The molecule has 2 heteroatoms. The minimum Gasteiger partial charge on any atom is -0.233 e. The van der Waals surface area contributed by atoms with Gasteiger partial charge in [0.05, 0.1) is 5.70 Å². The molecular formula is C50H52N2. The highest BCUT2D eigenvalue weighted by Crippen LogP contribution is 2.41. The van der Waals surface area contributed by atoms with Crippen molar-refractivity contribution in [1.82, 2.24) is 0 Å². The lowest BCUT2D eigenvalue weighted by molar-refractivity contribution is 0.357. The Balaban J connectivity index is 1.25. The summed E-state index contributed by atoms with van der Waals surface area (Å²) in [5.74, 6) is 0.698. The second kappa shape index (κ2) is 17.7. The van der Waals surface area contributed by atoms with Gasteiger partial charge in [0.1, 0.15) is 0 Å². The lowest BCUT2D eigenvalue weighted by atomic mass is 9.69. The molecule has 1 saturated carbocycles. The van der Waals surface area contributed by atoms with Crippen LogP contribution in [0.3, 0.4) is 0 Å². The maximum absolute atomic E-state index is 5.10. The third-order valence-corrected chi connectivity index (χ3v) is 10.5. The predicted molar refractivity (Wildman–Crippen MR) is 228 cm³/mol. The smallest absolute Gasteiger partial charge is 0.159 e. The molecule has 0 heterocycles. The van der Waals surface area contributed by atoms with E-state index in [1.54, 1.807) is 0 Å². The zero-order chi connectivity index (χ0) is 36.2. The number of amidine groups is 1. The molecule has 2 nitrogen and oxygen atoms in total. The number of benzene rings is 3. The van der Waals surface area contributed by atoms with Gasteiger partial charge in [0, 0.05) is 16.7 Å². The Morgan fingerprint density at radius 2 is 1.60 bits per heavy atom. The Bertz CT molecular complexity index is 2040. The molecule has 3 aromatic rings. The van der Waals surface area contributed by atoms with Crippen LogP contribution in [0.1, 0.15) is 104 Å². The van der Waals surface area contributed by atoms with Crippen molar-refractivity contribution in [1.29, 1.82) is 0 Å². The molecule has 0 aliphatic heterocycles. The van der Waals surface area contributed by atoms with Gasteiger partial charge in [0.25, 0.3) is 0 Å². The number of rotatable bonds is 11. The van der Waals surface area contributed by atoms with Crippen molar-refractivity contribution in [3.63, 3.8) is 0 Å². The standard InChI is InChI=1S/C50H52N2/c1-5-7-10-19-40-20-17-25-45(36-40)39(4)52-49(44-22-11-8-12-23-44)51-38(3)42-29-31-48(32-30-42)50(33-15-9-16-34-50)35-18-26-41(6-2)47-28-27-43-21-13-14-24-46(43)37-47/h5-7,10-11,14,17-20,22-32,35-37H,2-3,8-9,12-13,15-16,21,33-34H2,1,4H3/b7-5-,19-10-,35-18+,41-26+,51-49-,52-39+. The minimum atomic E-state index is 0.00354. The van der Waals surface area contributed by atoms with Gasteiger partial charge in [0.2, 0.25) is 0 Å². The van der Waals surface area contributed by atoms with Crippen LogP contribution in [0, 0.1) is 0 Å². The van der Waals surface area contributed by atoms with Gasteiger partial charge < -0.3 is 0 Å². The SMILES string of the molecule is C=C/C(=C\C=C\C1(c2ccc(C(=C)/N=C(\N=C(/C)c3cccc(/C=C\C=C/C)c3)C3=CCCC=C3)cc2)CCCCC1)c1ccc2c(c1)C=CCC2. The first-order valence-corrected chi connectivity index (χ1v) is 19.0. The van der Waals surface area contributed by atoms with Crippen molar-refractivity contribution in [3.8, 4) is 0 Å². The van der Waals surface area contributed by atoms with E-state index in [0.717, 1.165) is 72.1 Å². The fraction of sp³-hybridized carbons (Fsp3) is 0.240. The summed E-state index contributed by atoms with van der Waals surface area (Å²) in [5.41, 5.74) is 12.4. The summed E-state index contributed by atoms with van der Waals surface area (Å²) < 4.78 is 0. The molecule has 0 aromatic heterocycles. The Labute approximate surface area is 312 Å². The van der Waals surface area contributed by atoms with Gasteiger partial charge in [-0.15, -0.1) is 0 Å². The lowest BCUT2D eigenvalue weighted by Gasteiger charge is -2.35. The monoisotopic (exact) mass is 680 g/mol. The van der Waals surface area contributed by atoms with Crippen molar-refractivity contribution in [2.45, 2.75) is 77.0 Å². The molecule has 1 fully saturated rings. The van der Waals surface area contributed by atoms with Crippen molar-refractivity contribution in [2.24, 2.45) is 9.98 Å². The molecule has 0 unspecified atom stereocenters. The van der Waals surface area contributed by atoms with Gasteiger partial charge in [-0.2, -0.15) is 0 Å². The molecule has 3 aliphatic rings. The molecular weight excluding hydrogens is 629 g/mol. The van der Waals surface area contributed by atoms with E-state index in [2.05, 4.69) is 148 Å². The van der Waals surface area contributed by atoms with Crippen LogP contribution >= 0.6 is 0 Å². The highest BCUT2D eigenvalue weighted by molar-refractivity contribution is 6.13. The molecule has 0 radical (unpaired) electrons. The summed E-state index contributed by atoms with van der Waals surface area (Å²) >= 11 is 0. The molecule has 0 atom stereocenters. The Hall–Kier alpha value is -5.34. The molecule has 52 heavy (non-hydrogen) atoms.